The summed E-state index contributed by atoms with van der Waals surface area (Å²) >= 11 is 7.52. The van der Waals surface area contributed by atoms with E-state index in [2.05, 4.69) is 6.07 Å². The molecule has 14 heavy (non-hydrogen) atoms. The molecule has 0 spiro atoms. The van der Waals surface area contributed by atoms with Gasteiger partial charge in [-0.1, -0.05) is 23.7 Å². The molecule has 0 saturated heterocycles. The largest absolute Gasteiger partial charge is 0.488 e. The second kappa shape index (κ2) is 4.49. The van der Waals surface area contributed by atoms with Crippen LogP contribution in [-0.2, 0) is 6.61 Å². The zero-order valence-corrected chi connectivity index (χ0v) is 9.02. The fourth-order valence-corrected chi connectivity index (χ4v) is 1.90. The number of rotatable bonds is 3. The molecule has 2 rings (SSSR count). The molecule has 0 unspecified atom stereocenters. The zero-order chi connectivity index (χ0) is 9.80. The highest BCUT2D eigenvalue weighted by atomic mass is 35.5. The molecular weight excluding hydrogens is 216 g/mol. The molecule has 3 heteroatoms. The molecule has 0 amide bonds. The monoisotopic (exact) mass is 224 g/mol. The van der Waals surface area contributed by atoms with E-state index >= 15 is 0 Å². The van der Waals surface area contributed by atoms with Crippen LogP contribution in [-0.4, -0.2) is 0 Å². The Bertz CT molecular complexity index is 397. The van der Waals surface area contributed by atoms with Crippen molar-refractivity contribution in [2.75, 3.05) is 0 Å². The lowest BCUT2D eigenvalue weighted by molar-refractivity contribution is 0.310. The quantitative estimate of drug-likeness (QED) is 0.766. The highest BCUT2D eigenvalue weighted by molar-refractivity contribution is 7.09. The number of ether oxygens (including phenoxy) is 1. The van der Waals surface area contributed by atoms with Crippen LogP contribution >= 0.6 is 22.9 Å². The summed E-state index contributed by atoms with van der Waals surface area (Å²) in [5.74, 6) is 0.811. The Balaban J connectivity index is 1.98. The van der Waals surface area contributed by atoms with Gasteiger partial charge in [-0.2, -0.15) is 0 Å². The van der Waals surface area contributed by atoms with Crippen molar-refractivity contribution in [1.29, 1.82) is 0 Å². The van der Waals surface area contributed by atoms with Gasteiger partial charge >= 0.3 is 0 Å². The Hall–Kier alpha value is -0.990. The van der Waals surface area contributed by atoms with E-state index in [1.807, 2.05) is 35.7 Å². The molecule has 0 bridgehead atoms. The van der Waals surface area contributed by atoms with Crippen LogP contribution in [0.4, 0.5) is 0 Å². The smallest absolute Gasteiger partial charge is 0.122 e. The highest BCUT2D eigenvalue weighted by Gasteiger charge is 1.96. The van der Waals surface area contributed by atoms with Crippen molar-refractivity contribution >= 4 is 22.9 Å². The third-order valence-corrected chi connectivity index (χ3v) is 2.84. The van der Waals surface area contributed by atoms with E-state index in [9.17, 15) is 0 Å². The molecular formula is C11H9ClOS. The number of hydrogen-bond donors (Lipinski definition) is 0. The van der Waals surface area contributed by atoms with Gasteiger partial charge in [0.05, 0.1) is 0 Å². The van der Waals surface area contributed by atoms with E-state index in [1.165, 1.54) is 4.88 Å². The first-order valence-corrected chi connectivity index (χ1v) is 5.51. The van der Waals surface area contributed by atoms with E-state index < -0.39 is 0 Å². The average molecular weight is 225 g/mol. The van der Waals surface area contributed by atoms with Crippen molar-refractivity contribution in [3.05, 3.63) is 51.7 Å². The molecule has 0 saturated carbocycles. The molecule has 1 nitrogen and oxygen atoms in total. The highest BCUT2D eigenvalue weighted by Crippen LogP contribution is 2.19. The van der Waals surface area contributed by atoms with E-state index in [0.717, 1.165) is 5.75 Å². The maximum atomic E-state index is 5.83. The molecule has 1 aromatic heterocycles. The lowest BCUT2D eigenvalue weighted by atomic mass is 10.3. The van der Waals surface area contributed by atoms with Gasteiger partial charge in [-0.3, -0.25) is 0 Å². The molecule has 0 aliphatic carbocycles. The number of benzene rings is 1. The summed E-state index contributed by atoms with van der Waals surface area (Å²) in [5.41, 5.74) is 0. The Morgan fingerprint density at radius 2 is 2.14 bits per heavy atom. The minimum atomic E-state index is 0.609. The van der Waals surface area contributed by atoms with Crippen molar-refractivity contribution in [2.45, 2.75) is 6.61 Å². The van der Waals surface area contributed by atoms with Gasteiger partial charge in [0, 0.05) is 9.90 Å². The first kappa shape index (κ1) is 9.56. The average Bonchev–Trinajstić information content (AvgIpc) is 2.67. The lowest BCUT2D eigenvalue weighted by Gasteiger charge is -2.04. The molecule has 1 aromatic carbocycles. The van der Waals surface area contributed by atoms with Crippen molar-refractivity contribution in [3.8, 4) is 5.75 Å². The first-order chi connectivity index (χ1) is 6.84. The summed E-state index contributed by atoms with van der Waals surface area (Å²) in [4.78, 5) is 1.21. The van der Waals surface area contributed by atoms with E-state index in [4.69, 9.17) is 16.3 Å². The van der Waals surface area contributed by atoms with Crippen molar-refractivity contribution in [1.82, 2.24) is 0 Å². The normalized spacial score (nSPS) is 10.1. The second-order valence-corrected chi connectivity index (χ2v) is 4.29. The van der Waals surface area contributed by atoms with Crippen LogP contribution in [0, 0.1) is 0 Å². The Morgan fingerprint density at radius 3 is 2.86 bits per heavy atom. The van der Waals surface area contributed by atoms with Crippen LogP contribution in [0.1, 0.15) is 4.88 Å². The molecule has 0 fully saturated rings. The SMILES string of the molecule is Clc1cccc(OCc2cccs2)c1. The van der Waals surface area contributed by atoms with Gasteiger partial charge in [0.1, 0.15) is 12.4 Å². The van der Waals surface area contributed by atoms with Gasteiger partial charge in [0.2, 0.25) is 0 Å². The van der Waals surface area contributed by atoms with E-state index in [-0.39, 0.29) is 0 Å². The maximum absolute atomic E-state index is 5.83. The summed E-state index contributed by atoms with van der Waals surface area (Å²) in [5, 5.41) is 2.74. The van der Waals surface area contributed by atoms with Crippen molar-refractivity contribution in [3.63, 3.8) is 0 Å². The van der Waals surface area contributed by atoms with Gasteiger partial charge in [-0.05, 0) is 29.6 Å². The second-order valence-electron chi connectivity index (χ2n) is 2.83. The first-order valence-electron chi connectivity index (χ1n) is 4.25. The third kappa shape index (κ3) is 2.50. The molecule has 1 heterocycles. The van der Waals surface area contributed by atoms with Gasteiger partial charge in [0.15, 0.2) is 0 Å². The molecule has 0 radical (unpaired) electrons. The summed E-state index contributed by atoms with van der Waals surface area (Å²) in [6.45, 7) is 0.609. The topological polar surface area (TPSA) is 9.23 Å². The molecule has 0 atom stereocenters. The van der Waals surface area contributed by atoms with Gasteiger partial charge in [-0.25, -0.2) is 0 Å². The molecule has 0 aliphatic heterocycles. The van der Waals surface area contributed by atoms with Crippen LogP contribution in [0.25, 0.3) is 0 Å². The third-order valence-electron chi connectivity index (χ3n) is 1.76. The molecule has 0 aliphatic rings. The zero-order valence-electron chi connectivity index (χ0n) is 7.44. The van der Waals surface area contributed by atoms with Crippen LogP contribution in [0.2, 0.25) is 5.02 Å². The summed E-state index contributed by atoms with van der Waals surface area (Å²) in [6.07, 6.45) is 0. The van der Waals surface area contributed by atoms with E-state index in [0.29, 0.717) is 11.6 Å². The Morgan fingerprint density at radius 1 is 1.21 bits per heavy atom. The van der Waals surface area contributed by atoms with Crippen LogP contribution in [0.15, 0.2) is 41.8 Å². The Kier molecular flexibility index (Phi) is 3.07. The maximum Gasteiger partial charge on any atom is 0.122 e. The lowest BCUT2D eigenvalue weighted by Crippen LogP contribution is -1.91. The summed E-state index contributed by atoms with van der Waals surface area (Å²) in [6, 6.07) is 11.5. The minimum absolute atomic E-state index is 0.609. The fraction of sp³-hybridized carbons (Fsp3) is 0.0909. The predicted octanol–water partition coefficient (Wildman–Crippen LogP) is 3.98. The predicted molar refractivity (Wildman–Crippen MR) is 60.1 cm³/mol. The fourth-order valence-electron chi connectivity index (χ4n) is 1.11. The number of halogens is 1. The van der Waals surface area contributed by atoms with Crippen molar-refractivity contribution in [2.24, 2.45) is 0 Å². The van der Waals surface area contributed by atoms with Gasteiger partial charge in [0.25, 0.3) is 0 Å². The minimum Gasteiger partial charge on any atom is -0.488 e. The number of hydrogen-bond acceptors (Lipinski definition) is 2. The van der Waals surface area contributed by atoms with Gasteiger partial charge in [-0.15, -0.1) is 11.3 Å². The standard InChI is InChI=1S/C11H9ClOS/c12-9-3-1-4-10(7-9)13-8-11-5-2-6-14-11/h1-7H,8H2. The van der Waals surface area contributed by atoms with Crippen LogP contribution in [0.5, 0.6) is 5.75 Å². The number of thiophene rings is 1. The van der Waals surface area contributed by atoms with Crippen LogP contribution < -0.4 is 4.74 Å². The Labute approximate surface area is 91.9 Å². The van der Waals surface area contributed by atoms with E-state index in [1.54, 1.807) is 11.3 Å². The van der Waals surface area contributed by atoms with Gasteiger partial charge < -0.3 is 4.74 Å². The molecule has 2 aromatic rings. The van der Waals surface area contributed by atoms with Crippen molar-refractivity contribution < 1.29 is 4.74 Å². The molecule has 0 N–H and O–H groups in total. The summed E-state index contributed by atoms with van der Waals surface area (Å²) < 4.78 is 5.56. The van der Waals surface area contributed by atoms with Crippen LogP contribution in [0.3, 0.4) is 0 Å². The summed E-state index contributed by atoms with van der Waals surface area (Å²) in [7, 11) is 0. The molecule has 72 valence electrons.